The number of methoxy groups -OCH3 is 1. The molecule has 0 bridgehead atoms. The number of benzene rings is 1. The lowest BCUT2D eigenvalue weighted by Gasteiger charge is -2.28. The van der Waals surface area contributed by atoms with Crippen LogP contribution in [0.5, 0.6) is 5.75 Å². The van der Waals surface area contributed by atoms with Gasteiger partial charge in [-0.25, -0.2) is 0 Å². The Kier molecular flexibility index (Phi) is 6.35. The number of ether oxygens (including phenoxy) is 1. The molecule has 116 valence electrons. The zero-order valence-electron chi connectivity index (χ0n) is 13.9. The molecule has 0 aromatic heterocycles. The summed E-state index contributed by atoms with van der Waals surface area (Å²) >= 11 is 0. The van der Waals surface area contributed by atoms with Crippen molar-refractivity contribution in [3.63, 3.8) is 0 Å². The van der Waals surface area contributed by atoms with Gasteiger partial charge >= 0.3 is 0 Å². The second-order valence-corrected chi connectivity index (χ2v) is 6.34. The standard InChI is InChI=1S/C20H30O/c1-4-6-8-16-9-11-17(12-10-16)18-13-14-20(21-3)19(15-18)7-5-2/h4,6,13-17H,5,7-12H2,1-3H3. The Bertz CT molecular complexity index is 453. The second kappa shape index (κ2) is 8.26. The molecule has 1 nitrogen and oxygen atoms in total. The highest BCUT2D eigenvalue weighted by atomic mass is 16.5. The summed E-state index contributed by atoms with van der Waals surface area (Å²) < 4.78 is 5.49. The Hall–Kier alpha value is -1.24. The predicted molar refractivity (Wildman–Crippen MR) is 91.1 cm³/mol. The summed E-state index contributed by atoms with van der Waals surface area (Å²) in [6.07, 6.45) is 13.5. The van der Waals surface area contributed by atoms with Gasteiger partial charge in [0.25, 0.3) is 0 Å². The summed E-state index contributed by atoms with van der Waals surface area (Å²) in [4.78, 5) is 0. The molecule has 0 N–H and O–H groups in total. The van der Waals surface area contributed by atoms with E-state index in [1.807, 2.05) is 0 Å². The first-order valence-electron chi connectivity index (χ1n) is 8.56. The van der Waals surface area contributed by atoms with E-state index >= 15 is 0 Å². The SMILES string of the molecule is CC=CCC1CCC(c2ccc(OC)c(CCC)c2)CC1. The topological polar surface area (TPSA) is 9.23 Å². The molecule has 0 aliphatic heterocycles. The van der Waals surface area contributed by atoms with Crippen molar-refractivity contribution in [2.45, 2.75) is 64.7 Å². The average molecular weight is 286 g/mol. The summed E-state index contributed by atoms with van der Waals surface area (Å²) in [6, 6.07) is 6.86. The Morgan fingerprint density at radius 1 is 1.19 bits per heavy atom. The van der Waals surface area contributed by atoms with E-state index in [4.69, 9.17) is 4.74 Å². The van der Waals surface area contributed by atoms with Crippen LogP contribution in [0.3, 0.4) is 0 Å². The number of rotatable bonds is 6. The van der Waals surface area contributed by atoms with Crippen LogP contribution in [0, 0.1) is 5.92 Å². The van der Waals surface area contributed by atoms with E-state index in [0.717, 1.165) is 24.0 Å². The van der Waals surface area contributed by atoms with Crippen LogP contribution in [0.25, 0.3) is 0 Å². The van der Waals surface area contributed by atoms with Crippen molar-refractivity contribution in [3.05, 3.63) is 41.5 Å². The van der Waals surface area contributed by atoms with Crippen LogP contribution >= 0.6 is 0 Å². The third-order valence-corrected chi connectivity index (χ3v) is 4.85. The van der Waals surface area contributed by atoms with Crippen LogP contribution < -0.4 is 4.74 Å². The molecule has 0 radical (unpaired) electrons. The van der Waals surface area contributed by atoms with Crippen molar-refractivity contribution in [3.8, 4) is 5.75 Å². The van der Waals surface area contributed by atoms with Crippen LogP contribution in [0.4, 0.5) is 0 Å². The Morgan fingerprint density at radius 3 is 2.57 bits per heavy atom. The molecule has 1 aromatic rings. The summed E-state index contributed by atoms with van der Waals surface area (Å²) in [5.74, 6) is 2.72. The van der Waals surface area contributed by atoms with Gasteiger partial charge in [-0.3, -0.25) is 0 Å². The minimum Gasteiger partial charge on any atom is -0.496 e. The Balaban J connectivity index is 2.01. The third-order valence-electron chi connectivity index (χ3n) is 4.85. The fraction of sp³-hybridized carbons (Fsp3) is 0.600. The number of hydrogen-bond acceptors (Lipinski definition) is 1. The molecule has 0 spiro atoms. The van der Waals surface area contributed by atoms with Gasteiger partial charge in [0.05, 0.1) is 7.11 Å². The van der Waals surface area contributed by atoms with Gasteiger partial charge in [0.2, 0.25) is 0 Å². The molecular formula is C20H30O. The first kappa shape index (κ1) is 16.1. The smallest absolute Gasteiger partial charge is 0.122 e. The molecule has 1 aliphatic rings. The number of aryl methyl sites for hydroxylation is 1. The fourth-order valence-electron chi connectivity index (χ4n) is 3.58. The average Bonchev–Trinajstić information content (AvgIpc) is 2.53. The van der Waals surface area contributed by atoms with Gasteiger partial charge in [-0.2, -0.15) is 0 Å². The molecule has 21 heavy (non-hydrogen) atoms. The molecule has 0 heterocycles. The predicted octanol–water partition coefficient (Wildman–Crippen LogP) is 5.89. The van der Waals surface area contributed by atoms with E-state index in [-0.39, 0.29) is 0 Å². The lowest BCUT2D eigenvalue weighted by Crippen LogP contribution is -2.13. The van der Waals surface area contributed by atoms with Crippen molar-refractivity contribution >= 4 is 0 Å². The van der Waals surface area contributed by atoms with Crippen LogP contribution in [-0.2, 0) is 6.42 Å². The van der Waals surface area contributed by atoms with Crippen LogP contribution in [0.2, 0.25) is 0 Å². The highest BCUT2D eigenvalue weighted by Gasteiger charge is 2.22. The van der Waals surface area contributed by atoms with Crippen molar-refractivity contribution in [2.75, 3.05) is 7.11 Å². The lowest BCUT2D eigenvalue weighted by atomic mass is 9.77. The molecule has 1 aromatic carbocycles. The van der Waals surface area contributed by atoms with Crippen molar-refractivity contribution < 1.29 is 4.74 Å². The van der Waals surface area contributed by atoms with Gasteiger partial charge in [-0.15, -0.1) is 0 Å². The normalized spacial score (nSPS) is 22.6. The molecule has 0 unspecified atom stereocenters. The number of hydrogen-bond donors (Lipinski definition) is 0. The van der Waals surface area contributed by atoms with Crippen LogP contribution in [0.15, 0.2) is 30.4 Å². The first-order chi connectivity index (χ1) is 10.3. The third kappa shape index (κ3) is 4.36. The summed E-state index contributed by atoms with van der Waals surface area (Å²) in [5, 5.41) is 0. The van der Waals surface area contributed by atoms with Crippen molar-refractivity contribution in [1.82, 2.24) is 0 Å². The highest BCUT2D eigenvalue weighted by molar-refractivity contribution is 5.39. The highest BCUT2D eigenvalue weighted by Crippen LogP contribution is 2.38. The van der Waals surface area contributed by atoms with Gasteiger partial charge < -0.3 is 4.74 Å². The van der Waals surface area contributed by atoms with Gasteiger partial charge in [0.1, 0.15) is 5.75 Å². The second-order valence-electron chi connectivity index (χ2n) is 6.34. The molecule has 1 fully saturated rings. The fourth-order valence-corrected chi connectivity index (χ4v) is 3.58. The Labute approximate surface area is 130 Å². The molecule has 0 saturated heterocycles. The summed E-state index contributed by atoms with van der Waals surface area (Å²) in [5.41, 5.74) is 2.91. The van der Waals surface area contributed by atoms with Gasteiger partial charge in [-0.1, -0.05) is 37.6 Å². The van der Waals surface area contributed by atoms with Gasteiger partial charge in [0, 0.05) is 0 Å². The molecule has 1 saturated carbocycles. The van der Waals surface area contributed by atoms with Crippen LogP contribution in [-0.4, -0.2) is 7.11 Å². The first-order valence-corrected chi connectivity index (χ1v) is 8.56. The molecule has 0 amide bonds. The van der Waals surface area contributed by atoms with E-state index in [1.165, 1.54) is 49.7 Å². The minimum absolute atomic E-state index is 0.758. The quantitative estimate of drug-likeness (QED) is 0.593. The largest absolute Gasteiger partial charge is 0.496 e. The van der Waals surface area contributed by atoms with E-state index in [1.54, 1.807) is 7.11 Å². The van der Waals surface area contributed by atoms with E-state index < -0.39 is 0 Å². The van der Waals surface area contributed by atoms with Crippen molar-refractivity contribution in [2.24, 2.45) is 5.92 Å². The van der Waals surface area contributed by atoms with Gasteiger partial charge in [0.15, 0.2) is 0 Å². The molecular weight excluding hydrogens is 256 g/mol. The zero-order chi connectivity index (χ0) is 15.1. The van der Waals surface area contributed by atoms with Crippen molar-refractivity contribution in [1.29, 1.82) is 0 Å². The maximum Gasteiger partial charge on any atom is 0.122 e. The Morgan fingerprint density at radius 2 is 1.95 bits per heavy atom. The maximum absolute atomic E-state index is 5.49. The van der Waals surface area contributed by atoms with E-state index in [0.29, 0.717) is 0 Å². The van der Waals surface area contributed by atoms with Crippen LogP contribution in [0.1, 0.15) is 69.4 Å². The maximum atomic E-state index is 5.49. The minimum atomic E-state index is 0.758. The molecule has 1 heteroatoms. The number of allylic oxidation sites excluding steroid dienone is 2. The molecule has 2 rings (SSSR count). The summed E-state index contributed by atoms with van der Waals surface area (Å²) in [7, 11) is 1.78. The molecule has 0 atom stereocenters. The van der Waals surface area contributed by atoms with Gasteiger partial charge in [-0.05, 0) is 74.5 Å². The lowest BCUT2D eigenvalue weighted by molar-refractivity contribution is 0.328. The van der Waals surface area contributed by atoms with E-state index in [9.17, 15) is 0 Å². The molecule has 1 aliphatic carbocycles. The zero-order valence-corrected chi connectivity index (χ0v) is 13.9. The monoisotopic (exact) mass is 286 g/mol. The summed E-state index contributed by atoms with van der Waals surface area (Å²) in [6.45, 7) is 4.36. The van der Waals surface area contributed by atoms with E-state index in [2.05, 4.69) is 44.2 Å².